The summed E-state index contributed by atoms with van der Waals surface area (Å²) in [4.78, 5) is 14.3. The van der Waals surface area contributed by atoms with E-state index in [-0.39, 0.29) is 5.91 Å². The van der Waals surface area contributed by atoms with Crippen LogP contribution in [0.2, 0.25) is 0 Å². The van der Waals surface area contributed by atoms with Gasteiger partial charge in [0.25, 0.3) is 5.91 Å². The summed E-state index contributed by atoms with van der Waals surface area (Å²) >= 11 is 0. The zero-order chi connectivity index (χ0) is 14.8. The number of benzene rings is 3. The lowest BCUT2D eigenvalue weighted by Gasteiger charge is -2.18. The Hall–Kier alpha value is -2.35. The van der Waals surface area contributed by atoms with Gasteiger partial charge in [-0.1, -0.05) is 42.5 Å². The first-order chi connectivity index (χ1) is 10.2. The Morgan fingerprint density at radius 1 is 0.857 bits per heavy atom. The van der Waals surface area contributed by atoms with E-state index in [1.165, 1.54) is 16.2 Å². The highest BCUT2D eigenvalue weighted by Gasteiger charge is 2.13. The molecule has 2 nitrogen and oxygen atoms in total. The fraction of sp³-hybridized carbons (Fsp3) is 0.211. The lowest BCUT2D eigenvalue weighted by atomic mass is 10.00. The van der Waals surface area contributed by atoms with Gasteiger partial charge in [-0.15, -0.1) is 0 Å². The number of carbonyl (C=O) groups excluding carboxylic acids is 1. The van der Waals surface area contributed by atoms with Crippen molar-refractivity contribution in [1.29, 1.82) is 0 Å². The smallest absolute Gasteiger partial charge is 0.253 e. The van der Waals surface area contributed by atoms with E-state index < -0.39 is 0 Å². The maximum Gasteiger partial charge on any atom is 0.253 e. The average Bonchev–Trinajstić information content (AvgIpc) is 2.55. The van der Waals surface area contributed by atoms with Crippen LogP contribution in [0.4, 0.5) is 0 Å². The summed E-state index contributed by atoms with van der Waals surface area (Å²) in [5.74, 6) is 0.107. The first-order valence-electron chi connectivity index (χ1n) is 7.45. The van der Waals surface area contributed by atoms with Crippen LogP contribution in [0.1, 0.15) is 24.2 Å². The van der Waals surface area contributed by atoms with Crippen LogP contribution in [0.15, 0.2) is 54.6 Å². The Morgan fingerprint density at radius 3 is 2.29 bits per heavy atom. The van der Waals surface area contributed by atoms with Crippen molar-refractivity contribution in [2.45, 2.75) is 13.8 Å². The molecule has 0 saturated heterocycles. The minimum atomic E-state index is 0.107. The summed E-state index contributed by atoms with van der Waals surface area (Å²) in [7, 11) is 0. The van der Waals surface area contributed by atoms with Crippen molar-refractivity contribution in [1.82, 2.24) is 4.90 Å². The SMILES string of the molecule is CCN(CC)C(=O)c1ccc2c(ccc3ccccc32)c1. The molecule has 0 atom stereocenters. The number of carbonyl (C=O) groups is 1. The summed E-state index contributed by atoms with van der Waals surface area (Å²) in [6.45, 7) is 5.50. The third-order valence-electron chi connectivity index (χ3n) is 4.04. The molecule has 0 fully saturated rings. The van der Waals surface area contributed by atoms with Gasteiger partial charge in [-0.25, -0.2) is 0 Å². The van der Waals surface area contributed by atoms with Crippen LogP contribution in [0, 0.1) is 0 Å². The Labute approximate surface area is 125 Å². The van der Waals surface area contributed by atoms with Gasteiger partial charge in [0.2, 0.25) is 0 Å². The number of hydrogen-bond donors (Lipinski definition) is 0. The molecule has 0 radical (unpaired) electrons. The van der Waals surface area contributed by atoms with E-state index in [1.54, 1.807) is 0 Å². The zero-order valence-corrected chi connectivity index (χ0v) is 12.5. The Kier molecular flexibility index (Phi) is 3.61. The molecule has 0 N–H and O–H groups in total. The zero-order valence-electron chi connectivity index (χ0n) is 12.5. The quantitative estimate of drug-likeness (QED) is 0.647. The minimum Gasteiger partial charge on any atom is -0.339 e. The summed E-state index contributed by atoms with van der Waals surface area (Å²) in [5.41, 5.74) is 0.765. The average molecular weight is 277 g/mol. The van der Waals surface area contributed by atoms with Gasteiger partial charge in [0.1, 0.15) is 0 Å². The molecule has 0 saturated carbocycles. The molecule has 1 amide bonds. The molecule has 0 aliphatic rings. The molecule has 21 heavy (non-hydrogen) atoms. The number of rotatable bonds is 3. The molecule has 0 aromatic heterocycles. The number of fused-ring (bicyclic) bond motifs is 3. The van der Waals surface area contributed by atoms with E-state index in [0.29, 0.717) is 0 Å². The summed E-state index contributed by atoms with van der Waals surface area (Å²) in [6, 6.07) is 18.6. The van der Waals surface area contributed by atoms with Crippen molar-refractivity contribution >= 4 is 27.5 Å². The topological polar surface area (TPSA) is 20.3 Å². The first kappa shape index (κ1) is 13.6. The predicted molar refractivity (Wildman–Crippen MR) is 88.7 cm³/mol. The molecule has 0 bridgehead atoms. The van der Waals surface area contributed by atoms with Crippen LogP contribution in [0.25, 0.3) is 21.5 Å². The molecule has 0 heterocycles. The Balaban J connectivity index is 2.13. The van der Waals surface area contributed by atoms with E-state index in [1.807, 2.05) is 36.9 Å². The third kappa shape index (κ3) is 2.38. The minimum absolute atomic E-state index is 0.107. The molecule has 0 spiro atoms. The van der Waals surface area contributed by atoms with Crippen LogP contribution in [0.3, 0.4) is 0 Å². The van der Waals surface area contributed by atoms with Crippen LogP contribution < -0.4 is 0 Å². The lowest BCUT2D eigenvalue weighted by molar-refractivity contribution is 0.0773. The lowest BCUT2D eigenvalue weighted by Crippen LogP contribution is -2.30. The number of hydrogen-bond acceptors (Lipinski definition) is 1. The molecule has 3 aromatic carbocycles. The maximum absolute atomic E-state index is 12.4. The van der Waals surface area contributed by atoms with Crippen molar-refractivity contribution in [3.63, 3.8) is 0 Å². The monoisotopic (exact) mass is 277 g/mol. The molecule has 106 valence electrons. The Morgan fingerprint density at radius 2 is 1.52 bits per heavy atom. The van der Waals surface area contributed by atoms with Crippen molar-refractivity contribution < 1.29 is 4.79 Å². The fourth-order valence-electron chi connectivity index (χ4n) is 2.84. The second kappa shape index (κ2) is 5.57. The highest BCUT2D eigenvalue weighted by molar-refractivity contribution is 6.09. The second-order valence-corrected chi connectivity index (χ2v) is 5.20. The molecular formula is C19H19NO. The standard InChI is InChI=1S/C19H19NO/c1-3-20(4-2)19(21)16-11-12-18-15(13-16)10-9-14-7-5-6-8-17(14)18/h5-13H,3-4H2,1-2H3. The van der Waals surface area contributed by atoms with E-state index in [9.17, 15) is 4.79 Å². The van der Waals surface area contributed by atoms with Gasteiger partial charge in [0.05, 0.1) is 0 Å². The highest BCUT2D eigenvalue weighted by Crippen LogP contribution is 2.26. The molecule has 2 heteroatoms. The maximum atomic E-state index is 12.4. The molecule has 0 unspecified atom stereocenters. The number of nitrogens with zero attached hydrogens (tertiary/aromatic N) is 1. The van der Waals surface area contributed by atoms with Gasteiger partial charge in [-0.05, 0) is 47.5 Å². The van der Waals surface area contributed by atoms with Crippen molar-refractivity contribution in [2.75, 3.05) is 13.1 Å². The van der Waals surface area contributed by atoms with Crippen LogP contribution in [-0.2, 0) is 0 Å². The van der Waals surface area contributed by atoms with Gasteiger partial charge in [-0.2, -0.15) is 0 Å². The van der Waals surface area contributed by atoms with Crippen LogP contribution in [0.5, 0.6) is 0 Å². The second-order valence-electron chi connectivity index (χ2n) is 5.20. The van der Waals surface area contributed by atoms with Crippen molar-refractivity contribution in [3.05, 3.63) is 60.2 Å². The molecule has 0 aliphatic heterocycles. The van der Waals surface area contributed by atoms with Gasteiger partial charge < -0.3 is 4.90 Å². The van der Waals surface area contributed by atoms with E-state index >= 15 is 0 Å². The predicted octanol–water partition coefficient (Wildman–Crippen LogP) is 4.48. The Bertz CT molecular complexity index is 803. The van der Waals surface area contributed by atoms with Crippen LogP contribution >= 0.6 is 0 Å². The summed E-state index contributed by atoms with van der Waals surface area (Å²) < 4.78 is 0. The van der Waals surface area contributed by atoms with Gasteiger partial charge in [0, 0.05) is 18.7 Å². The molecule has 3 aromatic rings. The van der Waals surface area contributed by atoms with Crippen molar-refractivity contribution in [2.24, 2.45) is 0 Å². The van der Waals surface area contributed by atoms with E-state index in [4.69, 9.17) is 0 Å². The molecular weight excluding hydrogens is 258 g/mol. The van der Waals surface area contributed by atoms with Gasteiger partial charge in [-0.3, -0.25) is 4.79 Å². The molecule has 3 rings (SSSR count). The van der Waals surface area contributed by atoms with E-state index in [0.717, 1.165) is 24.0 Å². The summed E-state index contributed by atoms with van der Waals surface area (Å²) in [6.07, 6.45) is 0. The summed E-state index contributed by atoms with van der Waals surface area (Å²) in [5, 5.41) is 4.78. The number of amides is 1. The highest BCUT2D eigenvalue weighted by atomic mass is 16.2. The van der Waals surface area contributed by atoms with Gasteiger partial charge >= 0.3 is 0 Å². The third-order valence-corrected chi connectivity index (χ3v) is 4.04. The normalized spacial score (nSPS) is 11.0. The van der Waals surface area contributed by atoms with Crippen molar-refractivity contribution in [3.8, 4) is 0 Å². The fourth-order valence-corrected chi connectivity index (χ4v) is 2.84. The van der Waals surface area contributed by atoms with Crippen LogP contribution in [-0.4, -0.2) is 23.9 Å². The van der Waals surface area contributed by atoms with Gasteiger partial charge in [0.15, 0.2) is 0 Å². The largest absolute Gasteiger partial charge is 0.339 e. The first-order valence-corrected chi connectivity index (χ1v) is 7.45. The van der Waals surface area contributed by atoms with E-state index in [2.05, 4.69) is 36.4 Å². The molecule has 0 aliphatic carbocycles.